The predicted octanol–water partition coefficient (Wildman–Crippen LogP) is 2.53. The van der Waals surface area contributed by atoms with E-state index in [0.29, 0.717) is 0 Å². The molecule has 3 heterocycles. The molecule has 2 aromatic heterocycles. The molecule has 1 saturated heterocycles. The van der Waals surface area contributed by atoms with Crippen molar-refractivity contribution in [3.8, 4) is 11.1 Å². The monoisotopic (exact) mass is 308 g/mol. The summed E-state index contributed by atoms with van der Waals surface area (Å²) in [5.41, 5.74) is 6.42. The van der Waals surface area contributed by atoms with Gasteiger partial charge in [0.2, 0.25) is 0 Å². The number of aryl methyl sites for hydroxylation is 3. The number of nitrogens with zero attached hydrogens (tertiary/aromatic N) is 4. The van der Waals surface area contributed by atoms with Crippen molar-refractivity contribution in [3.05, 3.63) is 52.2 Å². The molecule has 1 aliphatic rings. The summed E-state index contributed by atoms with van der Waals surface area (Å²) in [5.74, 6) is 0. The van der Waals surface area contributed by atoms with E-state index in [1.165, 1.54) is 16.8 Å². The molecule has 118 valence electrons. The van der Waals surface area contributed by atoms with Crippen LogP contribution in [0.15, 0.2) is 35.3 Å². The largest absolute Gasteiger partial charge is 0.371 e. The number of fused-ring (bicyclic) bond motifs is 1. The SMILES string of the molecule is Cc1c(-c2cccc(N3CCC3)c2)c(C)n2c(=O)n(C)ncc12. The van der Waals surface area contributed by atoms with Gasteiger partial charge in [0.15, 0.2) is 0 Å². The average Bonchev–Trinajstić information content (AvgIpc) is 2.73. The summed E-state index contributed by atoms with van der Waals surface area (Å²) in [6, 6.07) is 8.60. The van der Waals surface area contributed by atoms with Crippen LogP contribution in [0.5, 0.6) is 0 Å². The molecule has 0 radical (unpaired) electrons. The molecular formula is C18H20N4O. The van der Waals surface area contributed by atoms with Gasteiger partial charge in [-0.15, -0.1) is 0 Å². The molecule has 5 heteroatoms. The van der Waals surface area contributed by atoms with Crippen molar-refractivity contribution in [3.63, 3.8) is 0 Å². The fraction of sp³-hybridized carbons (Fsp3) is 0.333. The Labute approximate surface area is 134 Å². The number of hydrogen-bond acceptors (Lipinski definition) is 3. The molecule has 0 spiro atoms. The Morgan fingerprint density at radius 1 is 1.17 bits per heavy atom. The second-order valence-electron chi connectivity index (χ2n) is 6.25. The second kappa shape index (κ2) is 4.98. The zero-order chi connectivity index (χ0) is 16.1. The average molecular weight is 308 g/mol. The smallest absolute Gasteiger partial charge is 0.349 e. The zero-order valence-corrected chi connectivity index (χ0v) is 13.7. The number of benzene rings is 1. The topological polar surface area (TPSA) is 42.5 Å². The standard InChI is InChI=1S/C18H20N4O/c1-12-16-11-19-20(3)18(23)22(16)13(2)17(12)14-6-4-7-15(10-14)21-8-5-9-21/h4,6-7,10-11H,5,8-9H2,1-3H3. The van der Waals surface area contributed by atoms with Crippen LogP contribution in [0.25, 0.3) is 16.6 Å². The van der Waals surface area contributed by atoms with Crippen LogP contribution in [-0.4, -0.2) is 27.3 Å². The minimum Gasteiger partial charge on any atom is -0.371 e. The van der Waals surface area contributed by atoms with Crippen LogP contribution in [0.2, 0.25) is 0 Å². The third-order valence-corrected chi connectivity index (χ3v) is 4.87. The van der Waals surface area contributed by atoms with Crippen LogP contribution in [0.3, 0.4) is 0 Å². The van der Waals surface area contributed by atoms with Gasteiger partial charge in [-0.25, -0.2) is 9.48 Å². The lowest BCUT2D eigenvalue weighted by Gasteiger charge is -2.33. The van der Waals surface area contributed by atoms with E-state index >= 15 is 0 Å². The van der Waals surface area contributed by atoms with Gasteiger partial charge in [0.1, 0.15) is 0 Å². The highest BCUT2D eigenvalue weighted by molar-refractivity contribution is 5.80. The van der Waals surface area contributed by atoms with Gasteiger partial charge in [-0.3, -0.25) is 4.40 Å². The van der Waals surface area contributed by atoms with Crippen molar-refractivity contribution in [1.29, 1.82) is 0 Å². The highest BCUT2D eigenvalue weighted by Gasteiger charge is 2.19. The van der Waals surface area contributed by atoms with E-state index in [1.807, 2.05) is 6.92 Å². The van der Waals surface area contributed by atoms with Crippen molar-refractivity contribution in [2.75, 3.05) is 18.0 Å². The van der Waals surface area contributed by atoms with E-state index in [-0.39, 0.29) is 5.69 Å². The Kier molecular flexibility index (Phi) is 3.04. The van der Waals surface area contributed by atoms with E-state index < -0.39 is 0 Å². The Balaban J connectivity index is 1.96. The molecule has 4 rings (SSSR count). The molecule has 23 heavy (non-hydrogen) atoms. The molecule has 0 saturated carbocycles. The summed E-state index contributed by atoms with van der Waals surface area (Å²) >= 11 is 0. The molecule has 0 atom stereocenters. The first-order valence-electron chi connectivity index (χ1n) is 7.97. The maximum atomic E-state index is 12.4. The summed E-state index contributed by atoms with van der Waals surface area (Å²) in [6.45, 7) is 6.33. The molecule has 0 aliphatic carbocycles. The maximum absolute atomic E-state index is 12.4. The number of anilines is 1. The lowest BCUT2D eigenvalue weighted by Crippen LogP contribution is -2.36. The van der Waals surface area contributed by atoms with Gasteiger partial charge in [-0.05, 0) is 43.5 Å². The summed E-state index contributed by atoms with van der Waals surface area (Å²) in [5, 5.41) is 4.16. The fourth-order valence-electron chi connectivity index (χ4n) is 3.45. The van der Waals surface area contributed by atoms with Gasteiger partial charge >= 0.3 is 5.69 Å². The predicted molar refractivity (Wildman–Crippen MR) is 92.2 cm³/mol. The molecule has 5 nitrogen and oxygen atoms in total. The quantitative estimate of drug-likeness (QED) is 0.730. The van der Waals surface area contributed by atoms with Crippen molar-refractivity contribution < 1.29 is 0 Å². The Morgan fingerprint density at radius 3 is 2.65 bits per heavy atom. The van der Waals surface area contributed by atoms with Gasteiger partial charge in [0, 0.05) is 37.1 Å². The highest BCUT2D eigenvalue weighted by atomic mass is 16.1. The van der Waals surface area contributed by atoms with Gasteiger partial charge < -0.3 is 4.90 Å². The van der Waals surface area contributed by atoms with Gasteiger partial charge in [0.05, 0.1) is 11.7 Å². The maximum Gasteiger partial charge on any atom is 0.349 e. The first-order chi connectivity index (χ1) is 11.1. The number of hydrogen-bond donors (Lipinski definition) is 0. The van der Waals surface area contributed by atoms with Crippen molar-refractivity contribution in [2.45, 2.75) is 20.3 Å². The lowest BCUT2D eigenvalue weighted by atomic mass is 10.0. The van der Waals surface area contributed by atoms with Crippen molar-refractivity contribution >= 4 is 11.2 Å². The molecule has 1 aromatic carbocycles. The van der Waals surface area contributed by atoms with Crippen LogP contribution in [0.1, 0.15) is 17.7 Å². The normalized spacial score (nSPS) is 14.3. The van der Waals surface area contributed by atoms with Crippen molar-refractivity contribution in [2.24, 2.45) is 7.05 Å². The molecular weight excluding hydrogens is 288 g/mol. The Morgan fingerprint density at radius 2 is 1.96 bits per heavy atom. The summed E-state index contributed by atoms with van der Waals surface area (Å²) in [6.07, 6.45) is 3.03. The molecule has 3 aromatic rings. The molecule has 0 amide bonds. The highest BCUT2D eigenvalue weighted by Crippen LogP contribution is 2.33. The third kappa shape index (κ3) is 2.00. The first kappa shape index (κ1) is 14.1. The number of rotatable bonds is 2. The van der Waals surface area contributed by atoms with Crippen LogP contribution >= 0.6 is 0 Å². The lowest BCUT2D eigenvalue weighted by molar-refractivity contribution is 0.618. The molecule has 0 unspecified atom stereocenters. The molecule has 1 fully saturated rings. The van der Waals surface area contributed by atoms with E-state index in [9.17, 15) is 4.79 Å². The summed E-state index contributed by atoms with van der Waals surface area (Å²) in [7, 11) is 1.68. The van der Waals surface area contributed by atoms with Gasteiger partial charge in [-0.1, -0.05) is 12.1 Å². The van der Waals surface area contributed by atoms with E-state index in [1.54, 1.807) is 17.6 Å². The Hall–Kier alpha value is -2.56. The molecule has 0 N–H and O–H groups in total. The number of aromatic nitrogens is 3. The van der Waals surface area contributed by atoms with Crippen molar-refractivity contribution in [1.82, 2.24) is 14.2 Å². The zero-order valence-electron chi connectivity index (χ0n) is 13.7. The van der Waals surface area contributed by atoms with Crippen LogP contribution < -0.4 is 10.6 Å². The van der Waals surface area contributed by atoms with Crippen LogP contribution in [-0.2, 0) is 7.05 Å². The third-order valence-electron chi connectivity index (χ3n) is 4.87. The molecule has 0 bridgehead atoms. The van der Waals surface area contributed by atoms with Crippen LogP contribution in [0.4, 0.5) is 5.69 Å². The first-order valence-corrected chi connectivity index (χ1v) is 7.97. The van der Waals surface area contributed by atoms with E-state index in [0.717, 1.165) is 41.0 Å². The Bertz CT molecular complexity index is 963. The molecule has 1 aliphatic heterocycles. The minimum atomic E-state index is -0.103. The van der Waals surface area contributed by atoms with E-state index in [2.05, 4.69) is 41.2 Å². The minimum absolute atomic E-state index is 0.103. The van der Waals surface area contributed by atoms with Gasteiger partial charge in [-0.2, -0.15) is 5.10 Å². The fourth-order valence-corrected chi connectivity index (χ4v) is 3.45. The van der Waals surface area contributed by atoms with Gasteiger partial charge in [0.25, 0.3) is 0 Å². The summed E-state index contributed by atoms with van der Waals surface area (Å²) < 4.78 is 3.13. The summed E-state index contributed by atoms with van der Waals surface area (Å²) in [4.78, 5) is 14.8. The van der Waals surface area contributed by atoms with E-state index in [4.69, 9.17) is 0 Å². The van der Waals surface area contributed by atoms with Crippen LogP contribution in [0, 0.1) is 13.8 Å². The second-order valence-corrected chi connectivity index (χ2v) is 6.25.